The van der Waals surface area contributed by atoms with Crippen molar-refractivity contribution in [3.8, 4) is 0 Å². The van der Waals surface area contributed by atoms with E-state index < -0.39 is 0 Å². The highest BCUT2D eigenvalue weighted by Crippen LogP contribution is 2.20. The summed E-state index contributed by atoms with van der Waals surface area (Å²) in [4.78, 5) is 20.3. The van der Waals surface area contributed by atoms with Gasteiger partial charge in [-0.05, 0) is 64.1 Å². The van der Waals surface area contributed by atoms with Crippen molar-refractivity contribution >= 4 is 35.6 Å². The van der Waals surface area contributed by atoms with Crippen molar-refractivity contribution in [3.05, 3.63) is 39.9 Å². The Morgan fingerprint density at radius 3 is 2.59 bits per heavy atom. The first-order valence-electron chi connectivity index (χ1n) is 10.7. The number of nitro groups is 1. The van der Waals surface area contributed by atoms with Gasteiger partial charge in [0.1, 0.15) is 0 Å². The van der Waals surface area contributed by atoms with Crippen LogP contribution in [0, 0.1) is 10.1 Å². The van der Waals surface area contributed by atoms with Gasteiger partial charge in [-0.15, -0.1) is 24.0 Å². The molecular weight excluding hydrogens is 481 g/mol. The molecule has 0 bridgehead atoms. The maximum atomic E-state index is 10.7. The van der Waals surface area contributed by atoms with Crippen molar-refractivity contribution in [2.45, 2.75) is 51.5 Å². The minimum Gasteiger partial charge on any atom is -0.357 e. The van der Waals surface area contributed by atoms with Crippen molar-refractivity contribution < 1.29 is 4.92 Å². The standard InChI is InChI=1S/C21H33N5O2.HI/c1-2-22-21(25-16-12-20(17-25)24-14-5-6-15-24)23-13-4-3-7-18-8-10-19(11-9-18)26(27)28;/h8-11,20H,2-7,12-17H2,1H3,(H,22,23);1H. The van der Waals surface area contributed by atoms with Gasteiger partial charge in [-0.1, -0.05) is 12.1 Å². The molecule has 3 rings (SSSR count). The van der Waals surface area contributed by atoms with Gasteiger partial charge < -0.3 is 10.2 Å². The van der Waals surface area contributed by atoms with Crippen molar-refractivity contribution in [2.75, 3.05) is 39.3 Å². The van der Waals surface area contributed by atoms with E-state index in [1.807, 2.05) is 12.1 Å². The van der Waals surface area contributed by atoms with E-state index in [9.17, 15) is 10.1 Å². The third-order valence-corrected chi connectivity index (χ3v) is 5.74. The van der Waals surface area contributed by atoms with Crippen LogP contribution < -0.4 is 5.32 Å². The van der Waals surface area contributed by atoms with E-state index in [4.69, 9.17) is 4.99 Å². The molecule has 1 aromatic rings. The Morgan fingerprint density at radius 2 is 1.93 bits per heavy atom. The molecule has 1 unspecified atom stereocenters. The number of hydrogen-bond donors (Lipinski definition) is 1. The zero-order chi connectivity index (χ0) is 19.8. The largest absolute Gasteiger partial charge is 0.357 e. The number of unbranched alkanes of at least 4 members (excludes halogenated alkanes) is 1. The summed E-state index contributed by atoms with van der Waals surface area (Å²) in [6.45, 7) is 8.54. The number of non-ortho nitro benzene ring substituents is 1. The molecule has 1 atom stereocenters. The van der Waals surface area contributed by atoms with Crippen molar-refractivity contribution in [1.29, 1.82) is 0 Å². The number of aryl methyl sites for hydroxylation is 1. The minimum absolute atomic E-state index is 0. The average molecular weight is 515 g/mol. The van der Waals surface area contributed by atoms with Crippen molar-refractivity contribution in [2.24, 2.45) is 4.99 Å². The summed E-state index contributed by atoms with van der Waals surface area (Å²) in [5.41, 5.74) is 1.30. The van der Waals surface area contributed by atoms with Crippen LogP contribution >= 0.6 is 24.0 Å². The summed E-state index contributed by atoms with van der Waals surface area (Å²) in [7, 11) is 0. The molecule has 0 spiro atoms. The number of nitrogens with one attached hydrogen (secondary N) is 1. The zero-order valence-corrected chi connectivity index (χ0v) is 19.7. The second kappa shape index (κ2) is 12.3. The number of rotatable bonds is 8. The number of hydrogen-bond acceptors (Lipinski definition) is 4. The molecule has 0 aromatic heterocycles. The summed E-state index contributed by atoms with van der Waals surface area (Å²) in [6, 6.07) is 7.57. The fourth-order valence-electron chi connectivity index (χ4n) is 4.18. The van der Waals surface area contributed by atoms with Crippen LogP contribution in [0.1, 0.15) is 44.6 Å². The normalized spacial score (nSPS) is 20.0. The fraction of sp³-hybridized carbons (Fsp3) is 0.667. The van der Waals surface area contributed by atoms with Gasteiger partial charge in [-0.3, -0.25) is 20.0 Å². The zero-order valence-electron chi connectivity index (χ0n) is 17.4. The van der Waals surface area contributed by atoms with Crippen LogP contribution in [0.2, 0.25) is 0 Å². The highest BCUT2D eigenvalue weighted by atomic mass is 127. The van der Waals surface area contributed by atoms with E-state index in [2.05, 4.69) is 22.0 Å². The topological polar surface area (TPSA) is 74.0 Å². The van der Waals surface area contributed by atoms with Gasteiger partial charge in [0.05, 0.1) is 4.92 Å². The Bertz CT molecular complexity index is 662. The van der Waals surface area contributed by atoms with E-state index in [1.165, 1.54) is 32.4 Å². The number of halogens is 1. The lowest BCUT2D eigenvalue weighted by atomic mass is 10.1. The van der Waals surface area contributed by atoms with E-state index >= 15 is 0 Å². The summed E-state index contributed by atoms with van der Waals surface area (Å²) in [5.74, 6) is 1.06. The Labute approximate surface area is 191 Å². The maximum absolute atomic E-state index is 10.7. The van der Waals surface area contributed by atoms with Crippen LogP contribution in [-0.4, -0.2) is 66.0 Å². The molecule has 7 nitrogen and oxygen atoms in total. The van der Waals surface area contributed by atoms with Gasteiger partial charge in [0.25, 0.3) is 5.69 Å². The SMILES string of the molecule is CCNC(=NCCCCc1ccc([N+](=O)[O-])cc1)N1CCC(N2CCCC2)C1.I. The third-order valence-electron chi connectivity index (χ3n) is 5.74. The predicted molar refractivity (Wildman–Crippen MR) is 128 cm³/mol. The minimum atomic E-state index is -0.354. The van der Waals surface area contributed by atoms with Gasteiger partial charge in [0, 0.05) is 44.4 Å². The third kappa shape index (κ3) is 7.09. The molecule has 2 aliphatic heterocycles. The van der Waals surface area contributed by atoms with Crippen LogP contribution in [0.3, 0.4) is 0 Å². The van der Waals surface area contributed by atoms with Crippen LogP contribution in [0.25, 0.3) is 0 Å². The molecule has 29 heavy (non-hydrogen) atoms. The fourth-order valence-corrected chi connectivity index (χ4v) is 4.18. The second-order valence-corrected chi connectivity index (χ2v) is 7.75. The molecule has 2 aliphatic rings. The first kappa shape index (κ1) is 23.9. The monoisotopic (exact) mass is 515 g/mol. The van der Waals surface area contributed by atoms with Crippen LogP contribution in [0.4, 0.5) is 5.69 Å². The lowest BCUT2D eigenvalue weighted by molar-refractivity contribution is -0.384. The number of guanidine groups is 1. The molecule has 8 heteroatoms. The molecule has 1 N–H and O–H groups in total. The summed E-state index contributed by atoms with van der Waals surface area (Å²) >= 11 is 0. The molecule has 0 aliphatic carbocycles. The van der Waals surface area contributed by atoms with Gasteiger partial charge in [-0.2, -0.15) is 0 Å². The lowest BCUT2D eigenvalue weighted by Gasteiger charge is -2.25. The van der Waals surface area contributed by atoms with E-state index in [0.29, 0.717) is 6.04 Å². The quantitative estimate of drug-likeness (QED) is 0.143. The highest BCUT2D eigenvalue weighted by Gasteiger charge is 2.30. The number of nitro benzene ring substituents is 1. The number of likely N-dealkylation sites (tertiary alicyclic amines) is 2. The number of nitrogens with zero attached hydrogens (tertiary/aromatic N) is 4. The Balaban J connectivity index is 0.00000300. The average Bonchev–Trinajstić information content (AvgIpc) is 3.39. The molecule has 162 valence electrons. The van der Waals surface area contributed by atoms with E-state index in [0.717, 1.165) is 57.0 Å². The summed E-state index contributed by atoms with van der Waals surface area (Å²) < 4.78 is 0. The highest BCUT2D eigenvalue weighted by molar-refractivity contribution is 14.0. The first-order valence-corrected chi connectivity index (χ1v) is 10.7. The molecule has 0 saturated carbocycles. The van der Waals surface area contributed by atoms with E-state index in [1.54, 1.807) is 12.1 Å². The number of benzene rings is 1. The van der Waals surface area contributed by atoms with E-state index in [-0.39, 0.29) is 34.6 Å². The smallest absolute Gasteiger partial charge is 0.269 e. The lowest BCUT2D eigenvalue weighted by Crippen LogP contribution is -2.42. The summed E-state index contributed by atoms with van der Waals surface area (Å²) in [6.07, 6.45) is 6.93. The predicted octanol–water partition coefficient (Wildman–Crippen LogP) is 3.67. The number of aliphatic imine (C=N–C) groups is 1. The molecule has 1 aromatic carbocycles. The molecule has 2 saturated heterocycles. The van der Waals surface area contributed by atoms with Crippen molar-refractivity contribution in [1.82, 2.24) is 15.1 Å². The molecular formula is C21H34IN5O2. The molecule has 2 fully saturated rings. The first-order chi connectivity index (χ1) is 13.7. The van der Waals surface area contributed by atoms with Crippen LogP contribution in [-0.2, 0) is 6.42 Å². The van der Waals surface area contributed by atoms with Crippen LogP contribution in [0.5, 0.6) is 0 Å². The van der Waals surface area contributed by atoms with Crippen molar-refractivity contribution in [3.63, 3.8) is 0 Å². The van der Waals surface area contributed by atoms with Gasteiger partial charge >= 0.3 is 0 Å². The maximum Gasteiger partial charge on any atom is 0.269 e. The van der Waals surface area contributed by atoms with Gasteiger partial charge in [-0.25, -0.2) is 0 Å². The Hall–Kier alpha value is -1.42. The molecule has 0 amide bonds. The second-order valence-electron chi connectivity index (χ2n) is 7.75. The van der Waals surface area contributed by atoms with Crippen LogP contribution in [0.15, 0.2) is 29.3 Å². The van der Waals surface area contributed by atoms with Gasteiger partial charge in [0.15, 0.2) is 5.96 Å². The van der Waals surface area contributed by atoms with Gasteiger partial charge in [0.2, 0.25) is 0 Å². The molecule has 2 heterocycles. The summed E-state index contributed by atoms with van der Waals surface area (Å²) in [5, 5.41) is 14.2. The Morgan fingerprint density at radius 1 is 1.21 bits per heavy atom. The Kier molecular flexibility index (Phi) is 10.1. The molecule has 0 radical (unpaired) electrons.